The Morgan fingerprint density at radius 3 is 2.39 bits per heavy atom. The molecule has 3 amide bonds. The van der Waals surface area contributed by atoms with E-state index in [0.717, 1.165) is 53.5 Å². The lowest BCUT2D eigenvalue weighted by Gasteiger charge is -2.38. The molecule has 3 fully saturated rings. The molecule has 2 aliphatic heterocycles. The van der Waals surface area contributed by atoms with Gasteiger partial charge in [0.15, 0.2) is 0 Å². The summed E-state index contributed by atoms with van der Waals surface area (Å²) < 4.78 is 5.55. The number of hydrogen-bond donors (Lipinski definition) is 2. The molecule has 0 radical (unpaired) electrons. The van der Waals surface area contributed by atoms with Crippen molar-refractivity contribution >= 4 is 34.2 Å². The van der Waals surface area contributed by atoms with Gasteiger partial charge in [-0.3, -0.25) is 14.4 Å². The first-order valence-corrected chi connectivity index (χ1v) is 15.8. The zero-order valence-corrected chi connectivity index (χ0v) is 25.4. The Kier molecular flexibility index (Phi) is 9.02. The highest BCUT2D eigenvalue weighted by Gasteiger charge is 2.42. The molecule has 2 saturated heterocycles. The van der Waals surface area contributed by atoms with Gasteiger partial charge in [-0.25, -0.2) is 0 Å². The van der Waals surface area contributed by atoms with E-state index in [4.69, 9.17) is 4.74 Å². The molecule has 1 aliphatic carbocycles. The Morgan fingerprint density at radius 1 is 0.932 bits per heavy atom. The number of hydrogen-bond acceptors (Lipinski definition) is 6. The molecule has 3 aromatic rings. The summed E-state index contributed by atoms with van der Waals surface area (Å²) in [5, 5.41) is 15.7. The number of likely N-dealkylation sites (tertiary alicyclic amines) is 1. The van der Waals surface area contributed by atoms with Crippen LogP contribution in [0.15, 0.2) is 66.7 Å². The molecule has 1 saturated carbocycles. The van der Waals surface area contributed by atoms with Crippen LogP contribution in [0.1, 0.15) is 37.7 Å². The minimum Gasteiger partial charge on any atom is -0.495 e. The number of rotatable bonds is 8. The van der Waals surface area contributed by atoms with Gasteiger partial charge in [-0.2, -0.15) is 0 Å². The first-order valence-electron chi connectivity index (χ1n) is 15.8. The first kappa shape index (κ1) is 29.9. The molecule has 6 rings (SSSR count). The number of para-hydroxylation sites is 2. The largest absolute Gasteiger partial charge is 0.495 e. The molecule has 0 bridgehead atoms. The Labute approximate surface area is 258 Å². The van der Waals surface area contributed by atoms with Gasteiger partial charge in [-0.05, 0) is 41.3 Å². The van der Waals surface area contributed by atoms with Gasteiger partial charge in [0.1, 0.15) is 17.8 Å². The summed E-state index contributed by atoms with van der Waals surface area (Å²) in [6.45, 7) is 2.45. The molecule has 2 heterocycles. The van der Waals surface area contributed by atoms with Crippen molar-refractivity contribution in [3.05, 3.63) is 72.3 Å². The molecule has 3 atom stereocenters. The van der Waals surface area contributed by atoms with Gasteiger partial charge in [0, 0.05) is 51.5 Å². The summed E-state index contributed by atoms with van der Waals surface area (Å²) in [6, 6.07) is 20.5. The molecule has 2 unspecified atom stereocenters. The molecule has 3 aliphatic rings. The van der Waals surface area contributed by atoms with E-state index in [9.17, 15) is 19.5 Å². The third kappa shape index (κ3) is 6.38. The summed E-state index contributed by atoms with van der Waals surface area (Å²) in [4.78, 5) is 46.9. The number of methoxy groups -OCH3 is 1. The van der Waals surface area contributed by atoms with Gasteiger partial charge in [-0.1, -0.05) is 67.4 Å². The zero-order valence-electron chi connectivity index (χ0n) is 25.4. The maximum atomic E-state index is 14.1. The number of carbonyl (C=O) groups is 3. The third-order valence-electron chi connectivity index (χ3n) is 9.45. The van der Waals surface area contributed by atoms with E-state index >= 15 is 0 Å². The molecule has 232 valence electrons. The topological polar surface area (TPSA) is 102 Å². The van der Waals surface area contributed by atoms with Crippen molar-refractivity contribution in [1.82, 2.24) is 15.1 Å². The number of nitrogens with one attached hydrogen (secondary N) is 1. The highest BCUT2D eigenvalue weighted by Crippen LogP contribution is 2.31. The molecular formula is C35H42N4O5. The maximum Gasteiger partial charge on any atom is 0.245 e. The van der Waals surface area contributed by atoms with Crippen molar-refractivity contribution in [3.63, 3.8) is 0 Å². The monoisotopic (exact) mass is 598 g/mol. The van der Waals surface area contributed by atoms with Crippen LogP contribution in [-0.4, -0.2) is 90.6 Å². The van der Waals surface area contributed by atoms with E-state index in [1.807, 2.05) is 65.6 Å². The Balaban J connectivity index is 1.20. The predicted molar refractivity (Wildman–Crippen MR) is 169 cm³/mol. The van der Waals surface area contributed by atoms with Crippen LogP contribution >= 0.6 is 0 Å². The fourth-order valence-electron chi connectivity index (χ4n) is 7.06. The van der Waals surface area contributed by atoms with Gasteiger partial charge in [0.2, 0.25) is 17.7 Å². The lowest BCUT2D eigenvalue weighted by atomic mass is 10.00. The quantitative estimate of drug-likeness (QED) is 0.412. The Morgan fingerprint density at radius 2 is 1.64 bits per heavy atom. The number of amides is 3. The predicted octanol–water partition coefficient (Wildman–Crippen LogP) is 3.38. The fourth-order valence-corrected chi connectivity index (χ4v) is 7.06. The number of fused-ring (bicyclic) bond motifs is 1. The summed E-state index contributed by atoms with van der Waals surface area (Å²) in [5.74, 6) is 0.136. The van der Waals surface area contributed by atoms with Crippen LogP contribution in [0, 0.1) is 5.92 Å². The van der Waals surface area contributed by atoms with Gasteiger partial charge in [0.25, 0.3) is 0 Å². The number of carbonyl (C=O) groups excluding carboxylic acids is 3. The molecule has 9 nitrogen and oxygen atoms in total. The molecular weight excluding hydrogens is 556 g/mol. The smallest absolute Gasteiger partial charge is 0.245 e. The van der Waals surface area contributed by atoms with Gasteiger partial charge in [0.05, 0.1) is 18.9 Å². The molecule has 44 heavy (non-hydrogen) atoms. The second-order valence-corrected chi connectivity index (χ2v) is 12.3. The van der Waals surface area contributed by atoms with Gasteiger partial charge >= 0.3 is 0 Å². The van der Waals surface area contributed by atoms with E-state index in [-0.39, 0.29) is 36.6 Å². The molecule has 0 aromatic heterocycles. The lowest BCUT2D eigenvalue weighted by molar-refractivity contribution is -0.143. The second kappa shape index (κ2) is 13.3. The SMILES string of the molecule is COc1ccccc1N1CCN(C(=O)C(Cc2ccc3ccccc3c2)NC(=O)C2C[C@@H](O)CN2C(=O)C2CCCC2)CC1. The second-order valence-electron chi connectivity index (χ2n) is 12.3. The summed E-state index contributed by atoms with van der Waals surface area (Å²) >= 11 is 0. The van der Waals surface area contributed by atoms with Crippen molar-refractivity contribution in [2.24, 2.45) is 5.92 Å². The van der Waals surface area contributed by atoms with Gasteiger partial charge in [-0.15, -0.1) is 0 Å². The number of ether oxygens (including phenoxy) is 1. The summed E-state index contributed by atoms with van der Waals surface area (Å²) in [5.41, 5.74) is 1.94. The Bertz CT molecular complexity index is 1500. The minimum atomic E-state index is -0.803. The lowest BCUT2D eigenvalue weighted by Crippen LogP contribution is -2.58. The summed E-state index contributed by atoms with van der Waals surface area (Å²) in [6.07, 6.45) is 3.42. The van der Waals surface area contributed by atoms with Crippen molar-refractivity contribution in [2.75, 3.05) is 44.7 Å². The van der Waals surface area contributed by atoms with E-state index in [1.54, 1.807) is 12.0 Å². The number of aliphatic hydroxyl groups is 1. The standard InChI is InChI=1S/C35H42N4O5/c1-44-32-13-7-6-12-30(32)37-16-18-38(19-17-37)35(43)29(21-24-14-15-25-8-2-5-11-27(25)20-24)36-33(41)31-22-28(40)23-39(31)34(42)26-9-3-4-10-26/h2,5-8,11-15,20,26,28-29,31,40H,3-4,9-10,16-19,21-23H2,1H3,(H,36,41)/t28-,29?,31?/m1/s1. The average molecular weight is 599 g/mol. The molecule has 3 aromatic carbocycles. The highest BCUT2D eigenvalue weighted by atomic mass is 16.5. The number of aliphatic hydroxyl groups excluding tert-OH is 1. The van der Waals surface area contributed by atoms with Crippen molar-refractivity contribution in [3.8, 4) is 5.75 Å². The summed E-state index contributed by atoms with van der Waals surface area (Å²) in [7, 11) is 1.66. The normalized spacial score (nSPS) is 21.5. The number of β-amino-alcohol motifs (C(OH)–C–C–N with tert-alkyl or cyclic N) is 1. The highest BCUT2D eigenvalue weighted by molar-refractivity contribution is 5.93. The van der Waals surface area contributed by atoms with E-state index in [0.29, 0.717) is 32.6 Å². The number of nitrogens with zero attached hydrogens (tertiary/aromatic N) is 3. The van der Waals surface area contributed by atoms with Crippen molar-refractivity contribution in [1.29, 1.82) is 0 Å². The molecule has 0 spiro atoms. The maximum absolute atomic E-state index is 14.1. The van der Waals surface area contributed by atoms with E-state index < -0.39 is 18.2 Å². The fraction of sp³-hybridized carbons (Fsp3) is 0.457. The van der Waals surface area contributed by atoms with Crippen LogP contribution in [0.4, 0.5) is 5.69 Å². The van der Waals surface area contributed by atoms with E-state index in [2.05, 4.69) is 16.3 Å². The van der Waals surface area contributed by atoms with Crippen LogP contribution in [0.25, 0.3) is 10.8 Å². The number of piperazine rings is 1. The van der Waals surface area contributed by atoms with Crippen LogP contribution in [0.2, 0.25) is 0 Å². The van der Waals surface area contributed by atoms with Crippen LogP contribution in [0.5, 0.6) is 5.75 Å². The van der Waals surface area contributed by atoms with Gasteiger partial charge < -0.3 is 29.9 Å². The first-order chi connectivity index (χ1) is 21.4. The van der Waals surface area contributed by atoms with Crippen LogP contribution < -0.4 is 15.0 Å². The number of benzene rings is 3. The minimum absolute atomic E-state index is 0.0518. The van der Waals surface area contributed by atoms with Crippen molar-refractivity contribution < 1.29 is 24.2 Å². The van der Waals surface area contributed by atoms with Crippen LogP contribution in [0.3, 0.4) is 0 Å². The Hall–Kier alpha value is -4.11. The molecule has 2 N–H and O–H groups in total. The third-order valence-corrected chi connectivity index (χ3v) is 9.45. The van der Waals surface area contributed by atoms with Crippen molar-refractivity contribution in [2.45, 2.75) is 56.7 Å². The zero-order chi connectivity index (χ0) is 30.6. The average Bonchev–Trinajstić information content (AvgIpc) is 3.74. The molecule has 9 heteroatoms. The number of anilines is 1. The van der Waals surface area contributed by atoms with E-state index in [1.165, 1.54) is 0 Å². The van der Waals surface area contributed by atoms with Crippen LogP contribution in [-0.2, 0) is 20.8 Å².